The smallest absolute Gasteiger partial charge is 0.265 e. The van der Waals surface area contributed by atoms with Crippen LogP contribution in [-0.2, 0) is 10.2 Å². The summed E-state index contributed by atoms with van der Waals surface area (Å²) >= 11 is 0. The Hall–Kier alpha value is -2.82. The van der Waals surface area contributed by atoms with Crippen LogP contribution in [0.1, 0.15) is 56.5 Å². The quantitative estimate of drug-likeness (QED) is 0.813. The fraction of sp³-hybridized carbons (Fsp3) is 0.391. The second-order valence-electron chi connectivity index (χ2n) is 8.15. The summed E-state index contributed by atoms with van der Waals surface area (Å²) in [7, 11) is 0. The molecule has 1 N–H and O–H groups in total. The highest BCUT2D eigenvalue weighted by Crippen LogP contribution is 2.35. The predicted molar refractivity (Wildman–Crippen MR) is 112 cm³/mol. The van der Waals surface area contributed by atoms with Gasteiger partial charge in [-0.2, -0.15) is 0 Å². The predicted octanol–water partition coefficient (Wildman–Crippen LogP) is 4.76. The summed E-state index contributed by atoms with van der Waals surface area (Å²) in [5.74, 6) is 0.439. The van der Waals surface area contributed by atoms with Crippen molar-refractivity contribution in [2.45, 2.75) is 46.0 Å². The number of amides is 2. The largest absolute Gasteiger partial charge is 0.482 e. The molecule has 148 valence electrons. The van der Waals surface area contributed by atoms with Crippen molar-refractivity contribution < 1.29 is 14.3 Å². The lowest BCUT2D eigenvalue weighted by atomic mass is 9.87. The van der Waals surface area contributed by atoms with E-state index in [1.807, 2.05) is 30.3 Å². The molecule has 0 fully saturated rings. The molecule has 2 aromatic rings. The van der Waals surface area contributed by atoms with Crippen molar-refractivity contribution in [2.75, 3.05) is 23.4 Å². The number of hydrogen-bond acceptors (Lipinski definition) is 3. The number of nitrogens with zero attached hydrogens (tertiary/aromatic N) is 1. The molecule has 2 amide bonds. The third-order valence-electron chi connectivity index (χ3n) is 4.91. The van der Waals surface area contributed by atoms with Crippen molar-refractivity contribution in [3.63, 3.8) is 0 Å². The Morgan fingerprint density at radius 2 is 1.86 bits per heavy atom. The Morgan fingerprint density at radius 1 is 1.14 bits per heavy atom. The second-order valence-corrected chi connectivity index (χ2v) is 8.15. The van der Waals surface area contributed by atoms with Gasteiger partial charge in [-0.25, -0.2) is 0 Å². The van der Waals surface area contributed by atoms with Gasteiger partial charge in [-0.1, -0.05) is 46.2 Å². The van der Waals surface area contributed by atoms with Crippen LogP contribution < -0.4 is 15.0 Å². The van der Waals surface area contributed by atoms with Gasteiger partial charge in [0, 0.05) is 17.8 Å². The van der Waals surface area contributed by atoms with Gasteiger partial charge in [-0.15, -0.1) is 0 Å². The van der Waals surface area contributed by atoms with E-state index in [9.17, 15) is 9.59 Å². The maximum Gasteiger partial charge on any atom is 0.265 e. The minimum absolute atomic E-state index is 0.0436. The zero-order valence-electron chi connectivity index (χ0n) is 17.0. The molecule has 1 aliphatic heterocycles. The van der Waals surface area contributed by atoms with Crippen LogP contribution in [0.4, 0.5) is 11.4 Å². The van der Waals surface area contributed by atoms with Crippen molar-refractivity contribution >= 4 is 23.2 Å². The molecule has 0 saturated carbocycles. The summed E-state index contributed by atoms with van der Waals surface area (Å²) in [6.07, 6.45) is 1.92. The summed E-state index contributed by atoms with van der Waals surface area (Å²) < 4.78 is 5.53. The number of rotatable bonds is 5. The third kappa shape index (κ3) is 4.35. The molecular weight excluding hydrogens is 352 g/mol. The molecule has 0 aromatic heterocycles. The molecule has 0 saturated heterocycles. The van der Waals surface area contributed by atoms with Crippen molar-refractivity contribution in [1.82, 2.24) is 0 Å². The summed E-state index contributed by atoms with van der Waals surface area (Å²) in [4.78, 5) is 26.6. The number of anilines is 2. The number of carbonyl (C=O) groups is 2. The molecule has 0 atom stereocenters. The van der Waals surface area contributed by atoms with Gasteiger partial charge in [0.1, 0.15) is 5.75 Å². The van der Waals surface area contributed by atoms with E-state index in [1.165, 1.54) is 5.56 Å². The lowest BCUT2D eigenvalue weighted by molar-refractivity contribution is -0.121. The molecule has 5 nitrogen and oxygen atoms in total. The first kappa shape index (κ1) is 19.9. The molecule has 1 heterocycles. The first-order chi connectivity index (χ1) is 13.3. The Bertz CT molecular complexity index is 866. The van der Waals surface area contributed by atoms with Crippen LogP contribution in [0.15, 0.2) is 42.5 Å². The average Bonchev–Trinajstić information content (AvgIpc) is 2.66. The van der Waals surface area contributed by atoms with Gasteiger partial charge < -0.3 is 15.0 Å². The topological polar surface area (TPSA) is 58.6 Å². The van der Waals surface area contributed by atoms with E-state index in [-0.39, 0.29) is 23.8 Å². The highest BCUT2D eigenvalue weighted by atomic mass is 16.5. The van der Waals surface area contributed by atoms with Crippen LogP contribution in [0.5, 0.6) is 5.75 Å². The Labute approximate surface area is 166 Å². The van der Waals surface area contributed by atoms with Gasteiger partial charge in [0.15, 0.2) is 6.61 Å². The van der Waals surface area contributed by atoms with Crippen LogP contribution >= 0.6 is 0 Å². The summed E-state index contributed by atoms with van der Waals surface area (Å²) in [5.41, 5.74) is 3.18. The first-order valence-corrected chi connectivity index (χ1v) is 9.78. The number of fused-ring (bicyclic) bond motifs is 1. The lowest BCUT2D eigenvalue weighted by Crippen LogP contribution is -2.39. The third-order valence-corrected chi connectivity index (χ3v) is 4.91. The number of carbonyl (C=O) groups excluding carboxylic acids is 2. The molecule has 0 aliphatic carbocycles. The van der Waals surface area contributed by atoms with Crippen molar-refractivity contribution in [2.24, 2.45) is 0 Å². The average molecular weight is 380 g/mol. The number of unbranched alkanes of at least 4 members (excludes halogenated alkanes) is 1. The summed E-state index contributed by atoms with van der Waals surface area (Å²) in [6.45, 7) is 9.22. The molecule has 2 aromatic carbocycles. The standard InChI is InChI=1S/C23H28N2O3/c1-5-6-13-25-19-14-18(11-12-20(19)28-15-21(25)26)24-22(27)16-7-9-17(10-8-16)23(2,3)4/h7-12,14H,5-6,13,15H2,1-4H3,(H,24,27). The van der Waals surface area contributed by atoms with Crippen molar-refractivity contribution in [3.8, 4) is 5.75 Å². The van der Waals surface area contributed by atoms with E-state index in [1.54, 1.807) is 17.0 Å². The van der Waals surface area contributed by atoms with E-state index >= 15 is 0 Å². The SMILES string of the molecule is CCCCN1C(=O)COc2ccc(NC(=O)c3ccc(C(C)(C)C)cc3)cc21. The molecule has 3 rings (SSSR count). The molecule has 5 heteroatoms. The van der Waals surface area contributed by atoms with Crippen LogP contribution in [0.3, 0.4) is 0 Å². The van der Waals surface area contributed by atoms with Gasteiger partial charge in [0.05, 0.1) is 5.69 Å². The lowest BCUT2D eigenvalue weighted by Gasteiger charge is -2.29. The van der Waals surface area contributed by atoms with Crippen LogP contribution in [0.25, 0.3) is 0 Å². The summed E-state index contributed by atoms with van der Waals surface area (Å²) in [6, 6.07) is 13.1. The first-order valence-electron chi connectivity index (χ1n) is 9.78. The van der Waals surface area contributed by atoms with Crippen LogP contribution in [0, 0.1) is 0 Å². The van der Waals surface area contributed by atoms with Crippen molar-refractivity contribution in [1.29, 1.82) is 0 Å². The maximum atomic E-state index is 12.6. The van der Waals surface area contributed by atoms with Gasteiger partial charge in [0.25, 0.3) is 11.8 Å². The zero-order valence-corrected chi connectivity index (χ0v) is 17.0. The highest BCUT2D eigenvalue weighted by molar-refractivity contribution is 6.05. The molecule has 0 spiro atoms. The van der Waals surface area contributed by atoms with E-state index in [2.05, 4.69) is 33.0 Å². The second kappa shape index (κ2) is 8.05. The number of hydrogen-bond donors (Lipinski definition) is 1. The monoisotopic (exact) mass is 380 g/mol. The number of nitrogens with one attached hydrogen (secondary N) is 1. The molecule has 1 aliphatic rings. The number of ether oxygens (including phenoxy) is 1. The molecule has 28 heavy (non-hydrogen) atoms. The van der Waals surface area contributed by atoms with Crippen molar-refractivity contribution in [3.05, 3.63) is 53.6 Å². The van der Waals surface area contributed by atoms with Gasteiger partial charge >= 0.3 is 0 Å². The Morgan fingerprint density at radius 3 is 2.50 bits per heavy atom. The fourth-order valence-corrected chi connectivity index (χ4v) is 3.17. The van der Waals surface area contributed by atoms with Gasteiger partial charge in [-0.3, -0.25) is 9.59 Å². The molecule has 0 radical (unpaired) electrons. The summed E-state index contributed by atoms with van der Waals surface area (Å²) in [5, 5.41) is 2.93. The van der Waals surface area contributed by atoms with Gasteiger partial charge in [0.2, 0.25) is 0 Å². The van der Waals surface area contributed by atoms with E-state index < -0.39 is 0 Å². The molecule has 0 unspecified atom stereocenters. The Kier molecular flexibility index (Phi) is 5.73. The van der Waals surface area contributed by atoms with E-state index in [0.717, 1.165) is 12.8 Å². The van der Waals surface area contributed by atoms with Gasteiger partial charge in [-0.05, 0) is 47.7 Å². The Balaban J connectivity index is 1.78. The fourth-order valence-electron chi connectivity index (χ4n) is 3.17. The minimum atomic E-state index is -0.177. The van der Waals surface area contributed by atoms with E-state index in [0.29, 0.717) is 29.2 Å². The minimum Gasteiger partial charge on any atom is -0.482 e. The van der Waals surface area contributed by atoms with Crippen LogP contribution in [0.2, 0.25) is 0 Å². The molecular formula is C23H28N2O3. The maximum absolute atomic E-state index is 12.6. The zero-order chi connectivity index (χ0) is 20.3. The molecule has 0 bridgehead atoms. The highest BCUT2D eigenvalue weighted by Gasteiger charge is 2.25. The van der Waals surface area contributed by atoms with Crippen LogP contribution in [-0.4, -0.2) is 25.0 Å². The normalized spacial score (nSPS) is 13.7. The number of benzene rings is 2. The van der Waals surface area contributed by atoms with E-state index in [4.69, 9.17) is 4.74 Å².